The molecule has 0 aliphatic rings. The number of carbonyl (C=O) groups excluding carboxylic acids is 1. The number of hydrogen-bond acceptors (Lipinski definition) is 5. The maximum absolute atomic E-state index is 12.2. The number of sulfonamides is 1. The zero-order valence-electron chi connectivity index (χ0n) is 11.4. The Bertz CT molecular complexity index is 802. The number of anilines is 1. The van der Waals surface area contributed by atoms with Gasteiger partial charge in [0, 0.05) is 5.02 Å². The summed E-state index contributed by atoms with van der Waals surface area (Å²) in [5, 5.41) is 10.2. The summed E-state index contributed by atoms with van der Waals surface area (Å²) in [4.78, 5) is 11.3. The largest absolute Gasteiger partial charge is 0.506 e. The molecule has 0 aliphatic heterocycles. The van der Waals surface area contributed by atoms with Crippen molar-refractivity contribution < 1.29 is 23.1 Å². The van der Waals surface area contributed by atoms with Crippen molar-refractivity contribution in [3.8, 4) is 5.75 Å². The Balaban J connectivity index is 2.30. The van der Waals surface area contributed by atoms with E-state index in [1.165, 1.54) is 43.5 Å². The van der Waals surface area contributed by atoms with Gasteiger partial charge in [-0.15, -0.1) is 0 Å². The van der Waals surface area contributed by atoms with E-state index in [4.69, 9.17) is 11.6 Å². The van der Waals surface area contributed by atoms with E-state index < -0.39 is 16.0 Å². The number of phenolic OH excluding ortho intramolecular Hbond substituents is 1. The fourth-order valence-corrected chi connectivity index (χ4v) is 2.88. The highest BCUT2D eigenvalue weighted by Gasteiger charge is 2.17. The van der Waals surface area contributed by atoms with E-state index in [2.05, 4.69) is 9.46 Å². The molecule has 116 valence electrons. The summed E-state index contributed by atoms with van der Waals surface area (Å²) in [5.74, 6) is -1.03. The Morgan fingerprint density at radius 3 is 2.36 bits per heavy atom. The molecule has 22 heavy (non-hydrogen) atoms. The number of benzene rings is 2. The molecule has 0 saturated heterocycles. The fraction of sp³-hybridized carbons (Fsp3) is 0.0714. The molecule has 0 saturated carbocycles. The van der Waals surface area contributed by atoms with E-state index in [9.17, 15) is 18.3 Å². The molecule has 0 atom stereocenters. The molecule has 2 aromatic carbocycles. The minimum Gasteiger partial charge on any atom is -0.506 e. The average molecular weight is 342 g/mol. The molecule has 0 radical (unpaired) electrons. The third-order valence-corrected chi connectivity index (χ3v) is 4.42. The van der Waals surface area contributed by atoms with Gasteiger partial charge in [0.15, 0.2) is 0 Å². The third kappa shape index (κ3) is 3.49. The molecule has 2 aromatic rings. The average Bonchev–Trinajstić information content (AvgIpc) is 2.48. The summed E-state index contributed by atoms with van der Waals surface area (Å²) in [6.07, 6.45) is 0. The predicted octanol–water partition coefficient (Wildman–Crippen LogP) is 2.63. The summed E-state index contributed by atoms with van der Waals surface area (Å²) in [5.41, 5.74) is 0.0528. The molecule has 0 aliphatic carbocycles. The van der Waals surface area contributed by atoms with Crippen LogP contribution in [0.25, 0.3) is 0 Å². The van der Waals surface area contributed by atoms with Crippen molar-refractivity contribution in [1.82, 2.24) is 0 Å². The third-order valence-electron chi connectivity index (χ3n) is 2.79. The van der Waals surface area contributed by atoms with Crippen LogP contribution in [0.4, 0.5) is 5.69 Å². The van der Waals surface area contributed by atoms with Crippen LogP contribution in [0, 0.1) is 0 Å². The van der Waals surface area contributed by atoms with Gasteiger partial charge in [0.1, 0.15) is 5.75 Å². The number of aromatic hydroxyl groups is 1. The second-order valence-electron chi connectivity index (χ2n) is 4.28. The lowest BCUT2D eigenvalue weighted by atomic mass is 10.2. The van der Waals surface area contributed by atoms with Crippen LogP contribution in [-0.4, -0.2) is 26.6 Å². The van der Waals surface area contributed by atoms with Crippen LogP contribution < -0.4 is 4.72 Å². The van der Waals surface area contributed by atoms with E-state index in [0.717, 1.165) is 6.07 Å². The number of phenols is 1. The first-order chi connectivity index (χ1) is 10.3. The van der Waals surface area contributed by atoms with E-state index in [0.29, 0.717) is 5.02 Å². The van der Waals surface area contributed by atoms with Gasteiger partial charge in [-0.2, -0.15) is 0 Å². The van der Waals surface area contributed by atoms with Gasteiger partial charge in [-0.05, 0) is 42.5 Å². The molecule has 0 spiro atoms. The first kappa shape index (κ1) is 16.1. The van der Waals surface area contributed by atoms with Crippen LogP contribution >= 0.6 is 11.6 Å². The minimum absolute atomic E-state index is 0.00616. The van der Waals surface area contributed by atoms with Gasteiger partial charge >= 0.3 is 5.97 Å². The lowest BCUT2D eigenvalue weighted by Gasteiger charge is -2.10. The van der Waals surface area contributed by atoms with E-state index >= 15 is 0 Å². The molecule has 0 heterocycles. The van der Waals surface area contributed by atoms with Crippen LogP contribution in [0.5, 0.6) is 5.75 Å². The second kappa shape index (κ2) is 6.25. The van der Waals surface area contributed by atoms with Crippen LogP contribution in [0.1, 0.15) is 10.4 Å². The summed E-state index contributed by atoms with van der Waals surface area (Å²) >= 11 is 5.71. The highest BCUT2D eigenvalue weighted by Crippen LogP contribution is 2.27. The highest BCUT2D eigenvalue weighted by atomic mass is 35.5. The van der Waals surface area contributed by atoms with Crippen molar-refractivity contribution in [2.24, 2.45) is 0 Å². The maximum atomic E-state index is 12.2. The van der Waals surface area contributed by atoms with Gasteiger partial charge < -0.3 is 9.84 Å². The summed E-state index contributed by atoms with van der Waals surface area (Å²) in [7, 11) is -2.67. The zero-order valence-corrected chi connectivity index (χ0v) is 13.0. The molecular formula is C14H12ClNO5S. The van der Waals surface area contributed by atoms with Crippen molar-refractivity contribution in [2.75, 3.05) is 11.8 Å². The Labute approximate surface area is 132 Å². The standard InChI is InChI=1S/C14H12ClNO5S/c1-21-14(18)9-2-7-12(13(17)8-9)16-22(19,20)11-5-3-10(15)4-6-11/h2-8,16-17H,1H3. The van der Waals surface area contributed by atoms with Crippen LogP contribution in [0.15, 0.2) is 47.4 Å². The zero-order chi connectivity index (χ0) is 16.3. The number of carbonyl (C=O) groups is 1. The summed E-state index contributed by atoms with van der Waals surface area (Å²) < 4.78 is 31.1. The smallest absolute Gasteiger partial charge is 0.337 e. The quantitative estimate of drug-likeness (QED) is 0.658. The normalized spacial score (nSPS) is 11.0. The van der Waals surface area contributed by atoms with Gasteiger partial charge in [0.05, 0.1) is 23.3 Å². The van der Waals surface area contributed by atoms with Gasteiger partial charge in [-0.3, -0.25) is 4.72 Å². The van der Waals surface area contributed by atoms with Crippen molar-refractivity contribution in [3.05, 3.63) is 53.1 Å². The monoisotopic (exact) mass is 341 g/mol. The lowest BCUT2D eigenvalue weighted by Crippen LogP contribution is -2.13. The highest BCUT2D eigenvalue weighted by molar-refractivity contribution is 7.92. The van der Waals surface area contributed by atoms with Gasteiger partial charge in [-0.25, -0.2) is 13.2 Å². The number of ether oxygens (including phenoxy) is 1. The number of esters is 1. The predicted molar refractivity (Wildman–Crippen MR) is 81.7 cm³/mol. The SMILES string of the molecule is COC(=O)c1ccc(NS(=O)(=O)c2ccc(Cl)cc2)c(O)c1. The van der Waals surface area contributed by atoms with Gasteiger partial charge in [0.2, 0.25) is 0 Å². The molecule has 0 bridgehead atoms. The maximum Gasteiger partial charge on any atom is 0.337 e. The first-order valence-electron chi connectivity index (χ1n) is 6.03. The topological polar surface area (TPSA) is 92.7 Å². The number of hydrogen-bond donors (Lipinski definition) is 2. The van der Waals surface area contributed by atoms with Gasteiger partial charge in [0.25, 0.3) is 10.0 Å². The summed E-state index contributed by atoms with van der Waals surface area (Å²) in [6, 6.07) is 9.29. The fourth-order valence-electron chi connectivity index (χ4n) is 1.68. The Morgan fingerprint density at radius 1 is 1.18 bits per heavy atom. The molecule has 2 rings (SSSR count). The van der Waals surface area contributed by atoms with E-state index in [-0.39, 0.29) is 21.9 Å². The number of methoxy groups -OCH3 is 1. The molecule has 6 nitrogen and oxygen atoms in total. The van der Waals surface area contributed by atoms with Crippen molar-refractivity contribution in [2.45, 2.75) is 4.90 Å². The van der Waals surface area contributed by atoms with Crippen LogP contribution in [0.3, 0.4) is 0 Å². The molecule has 2 N–H and O–H groups in total. The molecule has 0 fully saturated rings. The lowest BCUT2D eigenvalue weighted by molar-refractivity contribution is 0.0600. The van der Waals surface area contributed by atoms with Crippen molar-refractivity contribution in [1.29, 1.82) is 0 Å². The van der Waals surface area contributed by atoms with Crippen molar-refractivity contribution in [3.63, 3.8) is 0 Å². The van der Waals surface area contributed by atoms with Crippen LogP contribution in [-0.2, 0) is 14.8 Å². The molecule has 0 unspecified atom stereocenters. The minimum atomic E-state index is -3.88. The van der Waals surface area contributed by atoms with Gasteiger partial charge in [-0.1, -0.05) is 11.6 Å². The van der Waals surface area contributed by atoms with Crippen molar-refractivity contribution >= 4 is 33.3 Å². The second-order valence-corrected chi connectivity index (χ2v) is 6.40. The summed E-state index contributed by atoms with van der Waals surface area (Å²) in [6.45, 7) is 0. The Morgan fingerprint density at radius 2 is 1.82 bits per heavy atom. The molecule has 0 amide bonds. The van der Waals surface area contributed by atoms with E-state index in [1.807, 2.05) is 0 Å². The molecule has 0 aromatic heterocycles. The Kier molecular flexibility index (Phi) is 4.58. The molecular weight excluding hydrogens is 330 g/mol. The number of rotatable bonds is 4. The molecule has 8 heteroatoms. The first-order valence-corrected chi connectivity index (χ1v) is 7.89. The number of halogens is 1. The Hall–Kier alpha value is -2.25. The van der Waals surface area contributed by atoms with Crippen LogP contribution in [0.2, 0.25) is 5.02 Å². The number of nitrogens with one attached hydrogen (secondary N) is 1. The van der Waals surface area contributed by atoms with E-state index in [1.54, 1.807) is 0 Å².